The zero-order valence-electron chi connectivity index (χ0n) is 17.9. The topological polar surface area (TPSA) is 15.3 Å². The molecule has 0 aliphatic carbocycles. The van der Waals surface area contributed by atoms with Gasteiger partial charge in [0.25, 0.3) is 0 Å². The van der Waals surface area contributed by atoms with Gasteiger partial charge in [0.2, 0.25) is 6.33 Å². The molecule has 5 rings (SSSR count). The molecule has 1 aliphatic rings. The summed E-state index contributed by atoms with van der Waals surface area (Å²) in [6.07, 6.45) is 3.42. The number of anilines is 2. The summed E-state index contributed by atoms with van der Waals surface area (Å²) in [6.45, 7) is 4.58. The number of para-hydroxylation sites is 2. The zero-order valence-corrected chi connectivity index (χ0v) is 20.3. The Bertz CT molecular complexity index is 1230. The van der Waals surface area contributed by atoms with Gasteiger partial charge in [-0.3, -0.25) is 0 Å². The molecule has 0 saturated heterocycles. The summed E-state index contributed by atoms with van der Waals surface area (Å²) in [5, 5.41) is 0. The van der Waals surface area contributed by atoms with Gasteiger partial charge in [-0.15, -0.1) is 6.07 Å². The van der Waals surface area contributed by atoms with E-state index >= 15 is 0 Å². The molecule has 6 heteroatoms. The van der Waals surface area contributed by atoms with E-state index in [1.54, 1.807) is 0 Å². The van der Waals surface area contributed by atoms with Gasteiger partial charge in [-0.25, -0.2) is 0 Å². The number of imidazole rings is 1. The van der Waals surface area contributed by atoms with Gasteiger partial charge in [-0.05, 0) is 33.4 Å². The van der Waals surface area contributed by atoms with Crippen molar-refractivity contribution in [1.82, 2.24) is 4.57 Å². The van der Waals surface area contributed by atoms with Gasteiger partial charge in [0, 0.05) is 20.1 Å². The van der Waals surface area contributed by atoms with Crippen LogP contribution in [0, 0.1) is 26.2 Å². The van der Waals surface area contributed by atoms with E-state index < -0.39 is 0 Å². The predicted octanol–water partition coefficient (Wildman–Crippen LogP) is 2.95. The van der Waals surface area contributed by atoms with E-state index in [0.29, 0.717) is 0 Å². The Labute approximate surface area is 192 Å². The summed E-state index contributed by atoms with van der Waals surface area (Å²) >= 11 is 0. The summed E-state index contributed by atoms with van der Waals surface area (Å²) in [6, 6.07) is 22.7. The Morgan fingerprint density at radius 3 is 2.30 bits per heavy atom. The van der Waals surface area contributed by atoms with Crippen molar-refractivity contribution in [3.63, 3.8) is 0 Å². The first-order valence-corrected chi connectivity index (χ1v) is 9.94. The number of benzene rings is 3. The molecule has 4 aromatic rings. The molecule has 0 atom stereocenters. The minimum Gasteiger partial charge on any atom is -0.447 e. The third kappa shape index (κ3) is 2.98. The smallest absolute Gasteiger partial charge is 0.398 e. The average Bonchev–Trinajstić information content (AvgIpc) is 3.18. The van der Waals surface area contributed by atoms with Crippen molar-refractivity contribution in [2.24, 2.45) is 7.05 Å². The maximum atomic E-state index is 3.49. The SMILES string of the molecule is Cc1cccc(C)c1B1N(C)c2c[c-]c(-n3[c-][n+](C)c4ccccc43)cc2N1C.[Ir]. The molecule has 4 nitrogen and oxygen atoms in total. The molecule has 1 aromatic heterocycles. The van der Waals surface area contributed by atoms with Crippen LogP contribution in [0.25, 0.3) is 16.7 Å². The molecular weight excluding hydrogens is 547 g/mol. The summed E-state index contributed by atoms with van der Waals surface area (Å²) in [5.74, 6) is 0. The van der Waals surface area contributed by atoms with Crippen molar-refractivity contribution in [2.45, 2.75) is 13.8 Å². The first-order valence-electron chi connectivity index (χ1n) is 9.94. The van der Waals surface area contributed by atoms with Crippen LogP contribution in [0.2, 0.25) is 0 Å². The van der Waals surface area contributed by atoms with Crippen molar-refractivity contribution in [3.05, 3.63) is 78.1 Å². The molecule has 30 heavy (non-hydrogen) atoms. The number of hydrogen-bond acceptors (Lipinski definition) is 2. The molecule has 0 unspecified atom stereocenters. The average molecular weight is 572 g/mol. The Morgan fingerprint density at radius 2 is 1.57 bits per heavy atom. The predicted molar refractivity (Wildman–Crippen MR) is 120 cm³/mol. The molecule has 0 N–H and O–H groups in total. The monoisotopic (exact) mass is 572 g/mol. The second kappa shape index (κ2) is 7.61. The Hall–Kier alpha value is -2.56. The van der Waals surface area contributed by atoms with Crippen molar-refractivity contribution >= 4 is 34.9 Å². The molecular formula is C24H24BIrN4-. The first kappa shape index (κ1) is 20.7. The van der Waals surface area contributed by atoms with E-state index in [0.717, 1.165) is 16.7 Å². The quantitative estimate of drug-likeness (QED) is 0.209. The number of fused-ring (bicyclic) bond motifs is 2. The van der Waals surface area contributed by atoms with Gasteiger partial charge in [0.05, 0.1) is 18.1 Å². The van der Waals surface area contributed by atoms with Gasteiger partial charge in [0.15, 0.2) is 0 Å². The maximum Gasteiger partial charge on any atom is 0.398 e. The van der Waals surface area contributed by atoms with E-state index in [2.05, 4.69) is 109 Å². The molecule has 0 saturated carbocycles. The fourth-order valence-electron chi connectivity index (χ4n) is 4.68. The van der Waals surface area contributed by atoms with Crippen LogP contribution in [0.4, 0.5) is 11.4 Å². The van der Waals surface area contributed by atoms with E-state index in [4.69, 9.17) is 0 Å². The second-order valence-corrected chi connectivity index (χ2v) is 7.97. The van der Waals surface area contributed by atoms with E-state index in [-0.39, 0.29) is 27.1 Å². The Morgan fingerprint density at radius 1 is 0.900 bits per heavy atom. The van der Waals surface area contributed by atoms with Crippen molar-refractivity contribution in [2.75, 3.05) is 23.7 Å². The van der Waals surface area contributed by atoms with Crippen molar-refractivity contribution in [3.8, 4) is 5.69 Å². The van der Waals surface area contributed by atoms with Gasteiger partial charge in [-0.2, -0.15) is 12.1 Å². The third-order valence-electron chi connectivity index (χ3n) is 6.16. The van der Waals surface area contributed by atoms with E-state index in [9.17, 15) is 0 Å². The zero-order chi connectivity index (χ0) is 20.3. The molecule has 0 amide bonds. The van der Waals surface area contributed by atoms with Gasteiger partial charge < -0.3 is 18.8 Å². The van der Waals surface area contributed by atoms with Crippen LogP contribution in [-0.4, -0.2) is 25.6 Å². The van der Waals surface area contributed by atoms with Crippen LogP contribution in [0.5, 0.6) is 0 Å². The minimum absolute atomic E-state index is 0. The number of aryl methyl sites for hydroxylation is 3. The fourth-order valence-corrected chi connectivity index (χ4v) is 4.68. The first-order chi connectivity index (χ1) is 14.0. The summed E-state index contributed by atoms with van der Waals surface area (Å²) in [7, 11) is 6.38. The number of hydrogen-bond donors (Lipinski definition) is 0. The van der Waals surface area contributed by atoms with Crippen LogP contribution in [0.3, 0.4) is 0 Å². The number of rotatable bonds is 2. The molecule has 0 bridgehead atoms. The fraction of sp³-hybridized carbons (Fsp3) is 0.208. The molecule has 2 heterocycles. The third-order valence-corrected chi connectivity index (χ3v) is 6.16. The maximum absolute atomic E-state index is 3.49. The molecule has 1 radical (unpaired) electrons. The normalized spacial score (nSPS) is 13.0. The minimum atomic E-state index is 0. The van der Waals surface area contributed by atoms with Crippen LogP contribution < -0.4 is 19.7 Å². The van der Waals surface area contributed by atoms with Crippen LogP contribution in [0.15, 0.2) is 54.6 Å². The van der Waals surface area contributed by atoms with Crippen molar-refractivity contribution in [1.29, 1.82) is 0 Å². The molecule has 1 aliphatic heterocycles. The number of nitrogens with zero attached hydrogens (tertiary/aromatic N) is 4. The standard InChI is InChI=1S/C24H24BN4.Ir/c1-17-9-8-10-18(2)24(17)25-27(4)21-14-13-19(15-23(21)28(25)5)29-16-26(3)20-11-6-7-12-22(20)29;/h6-12,14-15H,1-5H3;/q-1;. The second-order valence-electron chi connectivity index (χ2n) is 7.97. The van der Waals surface area contributed by atoms with E-state index in [1.165, 1.54) is 28.0 Å². The Kier molecular flexibility index (Phi) is 5.25. The molecule has 3 aromatic carbocycles. The largest absolute Gasteiger partial charge is 0.447 e. The molecule has 153 valence electrons. The van der Waals surface area contributed by atoms with Gasteiger partial charge in [-0.1, -0.05) is 70.7 Å². The van der Waals surface area contributed by atoms with Crippen LogP contribution in [0.1, 0.15) is 11.1 Å². The summed E-state index contributed by atoms with van der Waals surface area (Å²) in [5.41, 5.74) is 9.71. The van der Waals surface area contributed by atoms with Crippen molar-refractivity contribution < 1.29 is 24.7 Å². The molecule has 0 spiro atoms. The molecule has 0 fully saturated rings. The summed E-state index contributed by atoms with van der Waals surface area (Å²) in [4.78, 5) is 4.72. The van der Waals surface area contributed by atoms with Gasteiger partial charge in [0.1, 0.15) is 0 Å². The number of aromatic nitrogens is 2. The summed E-state index contributed by atoms with van der Waals surface area (Å²) < 4.78 is 4.13. The van der Waals surface area contributed by atoms with Crippen LogP contribution >= 0.6 is 0 Å². The van der Waals surface area contributed by atoms with E-state index in [1.807, 2.05) is 11.6 Å². The Balaban J connectivity index is 0.00000218. The van der Waals surface area contributed by atoms with Gasteiger partial charge >= 0.3 is 6.98 Å². The van der Waals surface area contributed by atoms with Crippen LogP contribution in [-0.2, 0) is 27.2 Å².